The molecule has 0 aliphatic carbocycles. The van der Waals surface area contributed by atoms with Crippen molar-refractivity contribution in [2.45, 2.75) is 6.92 Å². The number of aromatic nitrogens is 3. The Bertz CT molecular complexity index is 713. The molecule has 0 fully saturated rings. The summed E-state index contributed by atoms with van der Waals surface area (Å²) in [5, 5.41) is 5.25. The third-order valence-corrected chi connectivity index (χ3v) is 2.78. The van der Waals surface area contributed by atoms with Crippen molar-refractivity contribution in [2.75, 3.05) is 11.1 Å². The van der Waals surface area contributed by atoms with Gasteiger partial charge in [0.2, 0.25) is 5.95 Å². The van der Waals surface area contributed by atoms with Crippen molar-refractivity contribution >= 4 is 28.4 Å². The molecule has 3 rings (SSSR count). The van der Waals surface area contributed by atoms with Crippen molar-refractivity contribution in [1.29, 1.82) is 0 Å². The van der Waals surface area contributed by atoms with Crippen LogP contribution in [0.4, 0.5) is 17.6 Å². The summed E-state index contributed by atoms with van der Waals surface area (Å²) in [6, 6.07) is 11.7. The minimum atomic E-state index is 0.440. The molecule has 0 saturated carbocycles. The average molecular weight is 251 g/mol. The minimum Gasteiger partial charge on any atom is -0.384 e. The van der Waals surface area contributed by atoms with E-state index in [1.807, 2.05) is 37.3 Å². The summed E-state index contributed by atoms with van der Waals surface area (Å²) in [4.78, 5) is 12.8. The van der Waals surface area contributed by atoms with Gasteiger partial charge in [0.05, 0.1) is 0 Å². The Labute approximate surface area is 110 Å². The van der Waals surface area contributed by atoms with E-state index in [1.165, 1.54) is 0 Å². The number of rotatable bonds is 2. The number of aryl methyl sites for hydroxylation is 1. The molecule has 94 valence electrons. The van der Waals surface area contributed by atoms with Crippen LogP contribution in [-0.2, 0) is 0 Å². The summed E-state index contributed by atoms with van der Waals surface area (Å²) in [7, 11) is 0. The molecule has 0 bridgehead atoms. The number of nitrogens with one attached hydrogen (secondary N) is 1. The quantitative estimate of drug-likeness (QED) is 0.732. The highest BCUT2D eigenvalue weighted by atomic mass is 15.2. The fourth-order valence-electron chi connectivity index (χ4n) is 1.97. The number of pyridine rings is 1. The first-order valence-electron chi connectivity index (χ1n) is 5.94. The Morgan fingerprint density at radius 1 is 1.11 bits per heavy atom. The smallest absolute Gasteiger partial charge is 0.230 e. The number of fused-ring (bicyclic) bond motifs is 1. The molecule has 0 amide bonds. The van der Waals surface area contributed by atoms with Gasteiger partial charge in [0.1, 0.15) is 11.6 Å². The van der Waals surface area contributed by atoms with Crippen LogP contribution in [0.25, 0.3) is 10.8 Å². The molecule has 5 nitrogen and oxygen atoms in total. The molecule has 0 aliphatic rings. The summed E-state index contributed by atoms with van der Waals surface area (Å²) < 4.78 is 0. The van der Waals surface area contributed by atoms with Crippen LogP contribution in [-0.4, -0.2) is 15.0 Å². The van der Waals surface area contributed by atoms with Crippen LogP contribution >= 0.6 is 0 Å². The third kappa shape index (κ3) is 2.30. The standard InChI is InChI=1S/C14H13N5/c1-9-8-12(15)18-14(17-9)19-13-11-5-3-2-4-10(11)6-7-16-13/h2-8H,1H3,(H3,15,16,17,18,19). The first-order chi connectivity index (χ1) is 9.22. The average Bonchev–Trinajstić information content (AvgIpc) is 2.38. The molecule has 0 atom stereocenters. The van der Waals surface area contributed by atoms with Crippen molar-refractivity contribution in [1.82, 2.24) is 15.0 Å². The zero-order valence-corrected chi connectivity index (χ0v) is 10.5. The highest BCUT2D eigenvalue weighted by Gasteiger charge is 2.05. The maximum Gasteiger partial charge on any atom is 0.230 e. The molecule has 3 aromatic rings. The Morgan fingerprint density at radius 3 is 2.79 bits per heavy atom. The maximum atomic E-state index is 5.71. The van der Waals surface area contributed by atoms with E-state index in [1.54, 1.807) is 12.3 Å². The summed E-state index contributed by atoms with van der Waals surface area (Å²) in [6.07, 6.45) is 1.75. The fourth-order valence-corrected chi connectivity index (χ4v) is 1.97. The second-order valence-electron chi connectivity index (χ2n) is 4.26. The second-order valence-corrected chi connectivity index (χ2v) is 4.26. The lowest BCUT2D eigenvalue weighted by atomic mass is 10.1. The molecule has 2 aromatic heterocycles. The fraction of sp³-hybridized carbons (Fsp3) is 0.0714. The van der Waals surface area contributed by atoms with Crippen LogP contribution in [0.15, 0.2) is 42.6 Å². The van der Waals surface area contributed by atoms with Gasteiger partial charge >= 0.3 is 0 Å². The number of benzene rings is 1. The molecular formula is C14H13N5. The monoisotopic (exact) mass is 251 g/mol. The summed E-state index contributed by atoms with van der Waals surface area (Å²) in [5.41, 5.74) is 6.53. The van der Waals surface area contributed by atoms with E-state index >= 15 is 0 Å². The first kappa shape index (κ1) is 11.4. The van der Waals surface area contributed by atoms with Gasteiger partial charge in [-0.3, -0.25) is 0 Å². The van der Waals surface area contributed by atoms with E-state index in [4.69, 9.17) is 5.73 Å². The van der Waals surface area contributed by atoms with Gasteiger partial charge in [-0.1, -0.05) is 24.3 Å². The zero-order valence-electron chi connectivity index (χ0n) is 10.5. The Morgan fingerprint density at radius 2 is 1.95 bits per heavy atom. The van der Waals surface area contributed by atoms with Crippen LogP contribution in [0.3, 0.4) is 0 Å². The van der Waals surface area contributed by atoms with Crippen molar-refractivity contribution in [3.05, 3.63) is 48.3 Å². The summed E-state index contributed by atoms with van der Waals surface area (Å²) in [6.45, 7) is 1.87. The minimum absolute atomic E-state index is 0.440. The predicted octanol–water partition coefficient (Wildman–Crippen LogP) is 2.66. The van der Waals surface area contributed by atoms with Gasteiger partial charge in [0.15, 0.2) is 0 Å². The van der Waals surface area contributed by atoms with Crippen molar-refractivity contribution < 1.29 is 0 Å². The number of hydrogen-bond donors (Lipinski definition) is 2. The van der Waals surface area contributed by atoms with Crippen LogP contribution in [0.2, 0.25) is 0 Å². The van der Waals surface area contributed by atoms with E-state index in [0.29, 0.717) is 11.8 Å². The summed E-state index contributed by atoms with van der Waals surface area (Å²) in [5.74, 6) is 1.62. The molecular weight excluding hydrogens is 238 g/mol. The maximum absolute atomic E-state index is 5.71. The zero-order chi connectivity index (χ0) is 13.2. The lowest BCUT2D eigenvalue weighted by molar-refractivity contribution is 1.11. The van der Waals surface area contributed by atoms with Crippen LogP contribution in [0.5, 0.6) is 0 Å². The molecule has 19 heavy (non-hydrogen) atoms. The van der Waals surface area contributed by atoms with Gasteiger partial charge in [-0.2, -0.15) is 4.98 Å². The van der Waals surface area contributed by atoms with Crippen molar-refractivity contribution in [2.24, 2.45) is 0 Å². The van der Waals surface area contributed by atoms with Gasteiger partial charge < -0.3 is 11.1 Å². The van der Waals surface area contributed by atoms with Crippen LogP contribution in [0, 0.1) is 6.92 Å². The highest BCUT2D eigenvalue weighted by molar-refractivity contribution is 5.92. The molecule has 0 radical (unpaired) electrons. The molecule has 0 aliphatic heterocycles. The number of nitrogens with two attached hydrogens (primary N) is 1. The van der Waals surface area contributed by atoms with Gasteiger partial charge in [-0.25, -0.2) is 9.97 Å². The van der Waals surface area contributed by atoms with Crippen molar-refractivity contribution in [3.63, 3.8) is 0 Å². The number of nitrogens with zero attached hydrogens (tertiary/aromatic N) is 3. The van der Waals surface area contributed by atoms with E-state index in [0.717, 1.165) is 22.3 Å². The van der Waals surface area contributed by atoms with Gasteiger partial charge in [0, 0.05) is 23.3 Å². The molecule has 0 unspecified atom stereocenters. The first-order valence-corrected chi connectivity index (χ1v) is 5.94. The van der Waals surface area contributed by atoms with Gasteiger partial charge in [0.25, 0.3) is 0 Å². The molecule has 2 heterocycles. The predicted molar refractivity (Wildman–Crippen MR) is 76.2 cm³/mol. The van der Waals surface area contributed by atoms with E-state index in [2.05, 4.69) is 20.3 Å². The van der Waals surface area contributed by atoms with E-state index in [9.17, 15) is 0 Å². The molecule has 5 heteroatoms. The largest absolute Gasteiger partial charge is 0.384 e. The Balaban J connectivity index is 2.05. The summed E-state index contributed by atoms with van der Waals surface area (Å²) >= 11 is 0. The lowest BCUT2D eigenvalue weighted by Crippen LogP contribution is -2.03. The number of anilines is 3. The Kier molecular flexibility index (Phi) is 2.72. The normalized spacial score (nSPS) is 10.6. The van der Waals surface area contributed by atoms with Crippen molar-refractivity contribution in [3.8, 4) is 0 Å². The van der Waals surface area contributed by atoms with E-state index in [-0.39, 0.29) is 0 Å². The van der Waals surface area contributed by atoms with Gasteiger partial charge in [-0.05, 0) is 18.4 Å². The topological polar surface area (TPSA) is 76.7 Å². The molecule has 0 saturated heterocycles. The van der Waals surface area contributed by atoms with Gasteiger partial charge in [-0.15, -0.1) is 0 Å². The number of nitrogen functional groups attached to an aromatic ring is 1. The molecule has 0 spiro atoms. The highest BCUT2D eigenvalue weighted by Crippen LogP contribution is 2.22. The lowest BCUT2D eigenvalue weighted by Gasteiger charge is -2.08. The SMILES string of the molecule is Cc1cc(N)nc(Nc2nccc3ccccc23)n1. The Hall–Kier alpha value is -2.69. The number of hydrogen-bond acceptors (Lipinski definition) is 5. The third-order valence-electron chi connectivity index (χ3n) is 2.78. The molecule has 3 N–H and O–H groups in total. The molecule has 1 aromatic carbocycles. The second kappa shape index (κ2) is 4.53. The van der Waals surface area contributed by atoms with E-state index < -0.39 is 0 Å². The van der Waals surface area contributed by atoms with Crippen LogP contribution in [0.1, 0.15) is 5.69 Å². The van der Waals surface area contributed by atoms with Crippen LogP contribution < -0.4 is 11.1 Å².